The van der Waals surface area contributed by atoms with Crippen LogP contribution in [-0.2, 0) is 4.79 Å². The number of para-hydroxylation sites is 1. The van der Waals surface area contributed by atoms with Crippen LogP contribution in [0.1, 0.15) is 18.9 Å². The second-order valence-electron chi connectivity index (χ2n) is 5.96. The molecular formula is C21H25N3O3. The van der Waals surface area contributed by atoms with E-state index in [1.807, 2.05) is 32.2 Å². The molecule has 2 aromatic carbocycles. The van der Waals surface area contributed by atoms with Crippen molar-refractivity contribution in [2.75, 3.05) is 38.3 Å². The van der Waals surface area contributed by atoms with Crippen LogP contribution in [0, 0.1) is 11.3 Å². The monoisotopic (exact) mass is 367 g/mol. The average molecular weight is 367 g/mol. The predicted octanol–water partition coefficient (Wildman–Crippen LogP) is 2.98. The van der Waals surface area contributed by atoms with Crippen LogP contribution in [0.4, 0.5) is 5.69 Å². The number of nitrogens with one attached hydrogen (secondary N) is 1. The smallest absolute Gasteiger partial charge is 0.257 e. The number of nitriles is 1. The van der Waals surface area contributed by atoms with Crippen LogP contribution in [0.3, 0.4) is 0 Å². The van der Waals surface area contributed by atoms with E-state index in [9.17, 15) is 4.79 Å². The van der Waals surface area contributed by atoms with Gasteiger partial charge in [0.1, 0.15) is 0 Å². The van der Waals surface area contributed by atoms with Gasteiger partial charge in [0.2, 0.25) is 0 Å². The molecule has 27 heavy (non-hydrogen) atoms. The summed E-state index contributed by atoms with van der Waals surface area (Å²) in [4.78, 5) is 14.1. The van der Waals surface area contributed by atoms with Gasteiger partial charge in [-0.25, -0.2) is 0 Å². The van der Waals surface area contributed by atoms with Crippen LogP contribution >= 0.6 is 0 Å². The summed E-state index contributed by atoms with van der Waals surface area (Å²) < 4.78 is 11.0. The van der Waals surface area contributed by atoms with Crippen molar-refractivity contribution in [2.45, 2.75) is 13.3 Å². The molecule has 2 rings (SSSR count). The van der Waals surface area contributed by atoms with Gasteiger partial charge in [0.25, 0.3) is 5.91 Å². The van der Waals surface area contributed by atoms with Gasteiger partial charge in [-0.3, -0.25) is 4.79 Å². The molecule has 0 aliphatic rings. The van der Waals surface area contributed by atoms with Gasteiger partial charge in [0.15, 0.2) is 18.1 Å². The van der Waals surface area contributed by atoms with Crippen LogP contribution in [-0.4, -0.2) is 39.3 Å². The molecule has 0 aliphatic carbocycles. The van der Waals surface area contributed by atoms with E-state index >= 15 is 0 Å². The van der Waals surface area contributed by atoms with Crippen molar-refractivity contribution in [3.8, 4) is 17.6 Å². The van der Waals surface area contributed by atoms with E-state index in [2.05, 4.69) is 28.4 Å². The summed E-state index contributed by atoms with van der Waals surface area (Å²) in [5.74, 6) is 0.729. The number of carbonyl (C=O) groups is 1. The van der Waals surface area contributed by atoms with Crippen LogP contribution in [0.5, 0.6) is 11.5 Å². The zero-order chi connectivity index (χ0) is 19.5. The number of hydrogen-bond donors (Lipinski definition) is 1. The Kier molecular flexibility index (Phi) is 7.98. The number of anilines is 1. The molecule has 0 atom stereocenters. The maximum atomic E-state index is 12.0. The Morgan fingerprint density at radius 2 is 1.93 bits per heavy atom. The summed E-state index contributed by atoms with van der Waals surface area (Å²) in [6.45, 7) is 3.62. The zero-order valence-electron chi connectivity index (χ0n) is 15.8. The molecule has 0 bridgehead atoms. The minimum Gasteiger partial charge on any atom is -0.490 e. The first kappa shape index (κ1) is 20.1. The molecule has 6 nitrogen and oxygen atoms in total. The number of amides is 1. The van der Waals surface area contributed by atoms with E-state index in [0.717, 1.165) is 18.7 Å². The van der Waals surface area contributed by atoms with E-state index in [-0.39, 0.29) is 12.5 Å². The molecule has 0 heterocycles. The highest BCUT2D eigenvalue weighted by molar-refractivity contribution is 5.77. The van der Waals surface area contributed by atoms with Crippen LogP contribution in [0.15, 0.2) is 48.5 Å². The molecule has 1 N–H and O–H groups in total. The predicted molar refractivity (Wildman–Crippen MR) is 105 cm³/mol. The standard InChI is InChI=1S/C21H25N3O3/c1-3-26-20-14-17(15-22)10-11-19(20)27-16-21(25)23-12-7-13-24(2)18-8-5-4-6-9-18/h4-6,8-11,14H,3,7,12-13,16H2,1-2H3,(H,23,25). The summed E-state index contributed by atoms with van der Waals surface area (Å²) in [6.07, 6.45) is 0.832. The van der Waals surface area contributed by atoms with Gasteiger partial charge < -0.3 is 19.7 Å². The molecule has 142 valence electrons. The highest BCUT2D eigenvalue weighted by Gasteiger charge is 2.09. The maximum Gasteiger partial charge on any atom is 0.257 e. The van der Waals surface area contributed by atoms with Crippen LogP contribution in [0.2, 0.25) is 0 Å². The molecule has 0 radical (unpaired) electrons. The van der Waals surface area contributed by atoms with E-state index in [4.69, 9.17) is 14.7 Å². The zero-order valence-corrected chi connectivity index (χ0v) is 15.8. The molecule has 0 spiro atoms. The SMILES string of the molecule is CCOc1cc(C#N)ccc1OCC(=O)NCCCN(C)c1ccccc1. The number of benzene rings is 2. The normalized spacial score (nSPS) is 9.96. The average Bonchev–Trinajstić information content (AvgIpc) is 2.70. The number of hydrogen-bond acceptors (Lipinski definition) is 5. The van der Waals surface area contributed by atoms with Gasteiger partial charge in [-0.15, -0.1) is 0 Å². The summed E-state index contributed by atoms with van der Waals surface area (Å²) in [5, 5.41) is 11.8. The number of rotatable bonds is 10. The second kappa shape index (κ2) is 10.7. The van der Waals surface area contributed by atoms with Gasteiger partial charge >= 0.3 is 0 Å². The van der Waals surface area contributed by atoms with Crippen molar-refractivity contribution >= 4 is 11.6 Å². The van der Waals surface area contributed by atoms with Crippen molar-refractivity contribution < 1.29 is 14.3 Å². The lowest BCUT2D eigenvalue weighted by Gasteiger charge is -2.19. The Hall–Kier alpha value is -3.20. The van der Waals surface area contributed by atoms with Crippen molar-refractivity contribution in [1.29, 1.82) is 5.26 Å². The Morgan fingerprint density at radius 3 is 2.63 bits per heavy atom. The van der Waals surface area contributed by atoms with E-state index < -0.39 is 0 Å². The molecule has 1 amide bonds. The first-order chi connectivity index (χ1) is 13.1. The minimum atomic E-state index is -0.191. The Bertz CT molecular complexity index is 772. The maximum absolute atomic E-state index is 12.0. The fourth-order valence-electron chi connectivity index (χ4n) is 2.52. The Balaban J connectivity index is 1.73. The Morgan fingerprint density at radius 1 is 1.15 bits per heavy atom. The third-order valence-corrected chi connectivity index (χ3v) is 3.92. The van der Waals surface area contributed by atoms with Gasteiger partial charge in [0.05, 0.1) is 18.2 Å². The molecule has 0 aliphatic heterocycles. The minimum absolute atomic E-state index is 0.0967. The Labute approximate surface area is 160 Å². The fraction of sp³-hybridized carbons (Fsp3) is 0.333. The lowest BCUT2D eigenvalue weighted by Crippen LogP contribution is -2.31. The molecule has 0 saturated heterocycles. The van der Waals surface area contributed by atoms with Crippen molar-refractivity contribution in [1.82, 2.24) is 5.32 Å². The molecule has 0 aromatic heterocycles. The summed E-state index contributed by atoms with van der Waals surface area (Å²) in [5.41, 5.74) is 1.63. The first-order valence-corrected chi connectivity index (χ1v) is 8.96. The van der Waals surface area contributed by atoms with Crippen LogP contribution < -0.4 is 19.7 Å². The van der Waals surface area contributed by atoms with Crippen molar-refractivity contribution in [2.24, 2.45) is 0 Å². The second-order valence-corrected chi connectivity index (χ2v) is 5.96. The quantitative estimate of drug-likeness (QED) is 0.654. The number of nitrogens with zero attached hydrogens (tertiary/aromatic N) is 2. The highest BCUT2D eigenvalue weighted by Crippen LogP contribution is 2.28. The molecule has 0 saturated carbocycles. The topological polar surface area (TPSA) is 74.6 Å². The van der Waals surface area contributed by atoms with Crippen molar-refractivity contribution in [3.63, 3.8) is 0 Å². The third kappa shape index (κ3) is 6.55. The summed E-state index contributed by atoms with van der Waals surface area (Å²) in [7, 11) is 2.03. The lowest BCUT2D eigenvalue weighted by atomic mass is 10.2. The molecule has 6 heteroatoms. The van der Waals surface area contributed by atoms with Gasteiger partial charge in [-0.05, 0) is 37.6 Å². The third-order valence-electron chi connectivity index (χ3n) is 3.92. The van der Waals surface area contributed by atoms with E-state index in [1.165, 1.54) is 0 Å². The summed E-state index contributed by atoms with van der Waals surface area (Å²) in [6, 6.07) is 17.0. The largest absolute Gasteiger partial charge is 0.490 e. The summed E-state index contributed by atoms with van der Waals surface area (Å²) >= 11 is 0. The molecular weight excluding hydrogens is 342 g/mol. The number of carbonyl (C=O) groups excluding carboxylic acids is 1. The molecule has 0 unspecified atom stereocenters. The lowest BCUT2D eigenvalue weighted by molar-refractivity contribution is -0.123. The van der Waals surface area contributed by atoms with Gasteiger partial charge in [-0.1, -0.05) is 18.2 Å². The van der Waals surface area contributed by atoms with Crippen LogP contribution in [0.25, 0.3) is 0 Å². The number of ether oxygens (including phenoxy) is 2. The fourth-order valence-corrected chi connectivity index (χ4v) is 2.52. The van der Waals surface area contributed by atoms with E-state index in [1.54, 1.807) is 18.2 Å². The van der Waals surface area contributed by atoms with Gasteiger partial charge in [0, 0.05) is 31.9 Å². The van der Waals surface area contributed by atoms with E-state index in [0.29, 0.717) is 30.2 Å². The first-order valence-electron chi connectivity index (χ1n) is 8.96. The molecule has 0 fully saturated rings. The molecule has 2 aromatic rings. The highest BCUT2D eigenvalue weighted by atomic mass is 16.5. The van der Waals surface area contributed by atoms with Gasteiger partial charge in [-0.2, -0.15) is 5.26 Å². The van der Waals surface area contributed by atoms with Crippen molar-refractivity contribution in [3.05, 3.63) is 54.1 Å².